The lowest BCUT2D eigenvalue weighted by atomic mass is 9.89. The highest BCUT2D eigenvalue weighted by molar-refractivity contribution is 5.22. The second-order valence-corrected chi connectivity index (χ2v) is 8.97. The first-order valence-electron chi connectivity index (χ1n) is 11.0. The van der Waals surface area contributed by atoms with Crippen LogP contribution in [0.1, 0.15) is 63.0 Å². The van der Waals surface area contributed by atoms with E-state index in [2.05, 4.69) is 82.6 Å². The van der Waals surface area contributed by atoms with E-state index in [0.717, 1.165) is 43.2 Å². The summed E-state index contributed by atoms with van der Waals surface area (Å²) >= 11 is 0. The van der Waals surface area contributed by atoms with Gasteiger partial charge in [0.15, 0.2) is 5.82 Å². The van der Waals surface area contributed by atoms with Crippen molar-refractivity contribution >= 4 is 0 Å². The molecule has 6 nitrogen and oxygen atoms in total. The normalized spacial score (nSPS) is 17.2. The quantitative estimate of drug-likeness (QED) is 0.589. The van der Waals surface area contributed by atoms with Crippen molar-refractivity contribution in [3.05, 3.63) is 71.8 Å². The highest BCUT2D eigenvalue weighted by Gasteiger charge is 2.34. The topological polar surface area (TPSA) is 59.7 Å². The number of rotatable bonds is 7. The summed E-state index contributed by atoms with van der Waals surface area (Å²) in [6, 6.07) is 15.0. The van der Waals surface area contributed by atoms with E-state index < -0.39 is 0 Å². The monoisotopic (exact) mass is 404 g/mol. The third-order valence-electron chi connectivity index (χ3n) is 6.56. The average Bonchev–Trinajstić information content (AvgIpc) is 3.27. The molecular formula is C24H32N6. The lowest BCUT2D eigenvalue weighted by Crippen LogP contribution is -2.40. The number of likely N-dealkylation sites (tertiary alicyclic amines) is 1. The maximum atomic E-state index is 4.50. The van der Waals surface area contributed by atoms with Gasteiger partial charge in [0.2, 0.25) is 0 Å². The maximum Gasteiger partial charge on any atom is 0.173 e. The zero-order valence-corrected chi connectivity index (χ0v) is 18.3. The van der Waals surface area contributed by atoms with Gasteiger partial charge in [-0.25, -0.2) is 4.68 Å². The standard InChI is InChI=1S/C24H32N6/c1-4-24(2,3)30-23(26-27-28-30)22(21-11-8-14-25-18-21)29-15-12-20(13-16-29)17-19-9-6-5-7-10-19/h5-11,14,18,20,22H,4,12-13,15-17H2,1-3H3/t22-/m0/s1. The molecule has 30 heavy (non-hydrogen) atoms. The van der Waals surface area contributed by atoms with Crippen LogP contribution in [0.25, 0.3) is 0 Å². The van der Waals surface area contributed by atoms with Crippen molar-refractivity contribution in [2.75, 3.05) is 13.1 Å². The average molecular weight is 405 g/mol. The molecule has 4 rings (SSSR count). The summed E-state index contributed by atoms with van der Waals surface area (Å²) in [4.78, 5) is 6.92. The van der Waals surface area contributed by atoms with Crippen molar-refractivity contribution in [3.63, 3.8) is 0 Å². The van der Waals surface area contributed by atoms with Crippen LogP contribution in [-0.2, 0) is 12.0 Å². The Hall–Kier alpha value is -2.60. The van der Waals surface area contributed by atoms with E-state index in [9.17, 15) is 0 Å². The SMILES string of the molecule is CCC(C)(C)n1nnnc1[C@H](c1cccnc1)N1CCC(Cc2ccccc2)CC1. The van der Waals surface area contributed by atoms with E-state index in [-0.39, 0.29) is 11.6 Å². The first-order chi connectivity index (χ1) is 14.6. The Morgan fingerprint density at radius 3 is 2.50 bits per heavy atom. The van der Waals surface area contributed by atoms with Crippen molar-refractivity contribution in [2.24, 2.45) is 5.92 Å². The molecule has 0 bridgehead atoms. The molecule has 1 aliphatic heterocycles. The molecule has 1 fully saturated rings. The van der Waals surface area contributed by atoms with Gasteiger partial charge in [-0.15, -0.1) is 5.10 Å². The third kappa shape index (κ3) is 4.43. The maximum absolute atomic E-state index is 4.50. The number of hydrogen-bond acceptors (Lipinski definition) is 5. The van der Waals surface area contributed by atoms with Gasteiger partial charge in [-0.1, -0.05) is 43.3 Å². The second kappa shape index (κ2) is 9.04. The molecule has 0 unspecified atom stereocenters. The fraction of sp³-hybridized carbons (Fsp3) is 0.500. The van der Waals surface area contributed by atoms with E-state index in [4.69, 9.17) is 0 Å². The molecular weight excluding hydrogens is 372 g/mol. The van der Waals surface area contributed by atoms with Crippen LogP contribution < -0.4 is 0 Å². The molecule has 1 atom stereocenters. The van der Waals surface area contributed by atoms with Crippen molar-refractivity contribution < 1.29 is 0 Å². The predicted molar refractivity (Wildman–Crippen MR) is 118 cm³/mol. The number of piperidine rings is 1. The molecule has 0 N–H and O–H groups in total. The van der Waals surface area contributed by atoms with Crippen LogP contribution in [0.3, 0.4) is 0 Å². The van der Waals surface area contributed by atoms with Gasteiger partial charge in [-0.05, 0) is 86.2 Å². The predicted octanol–water partition coefficient (Wildman–Crippen LogP) is 4.26. The first-order valence-corrected chi connectivity index (χ1v) is 11.0. The minimum atomic E-state index is -0.134. The Morgan fingerprint density at radius 1 is 1.07 bits per heavy atom. The molecule has 0 saturated carbocycles. The Balaban J connectivity index is 1.56. The van der Waals surface area contributed by atoms with Crippen LogP contribution in [0.5, 0.6) is 0 Å². The molecule has 158 valence electrons. The Bertz CT molecular complexity index is 913. The number of hydrogen-bond donors (Lipinski definition) is 0. The molecule has 2 aromatic heterocycles. The Kier molecular flexibility index (Phi) is 6.23. The van der Waals surface area contributed by atoms with Crippen LogP contribution >= 0.6 is 0 Å². The number of pyridine rings is 1. The van der Waals surface area contributed by atoms with Crippen LogP contribution in [0, 0.1) is 5.92 Å². The molecule has 0 radical (unpaired) electrons. The third-order valence-corrected chi connectivity index (χ3v) is 6.56. The molecule has 3 aromatic rings. The number of aromatic nitrogens is 5. The van der Waals surface area contributed by atoms with Crippen LogP contribution in [0.4, 0.5) is 0 Å². The summed E-state index contributed by atoms with van der Waals surface area (Å²) in [5.74, 6) is 1.64. The molecule has 6 heteroatoms. The van der Waals surface area contributed by atoms with Crippen molar-refractivity contribution in [2.45, 2.75) is 58.0 Å². The van der Waals surface area contributed by atoms with Gasteiger partial charge in [0.05, 0.1) is 11.6 Å². The Morgan fingerprint density at radius 2 is 1.83 bits per heavy atom. The number of tetrazole rings is 1. The van der Waals surface area contributed by atoms with Crippen LogP contribution in [0.15, 0.2) is 54.9 Å². The highest BCUT2D eigenvalue weighted by Crippen LogP contribution is 2.34. The van der Waals surface area contributed by atoms with E-state index in [1.54, 1.807) is 0 Å². The summed E-state index contributed by atoms with van der Waals surface area (Å²) in [6.07, 6.45) is 8.27. The molecule has 0 aliphatic carbocycles. The summed E-state index contributed by atoms with van der Waals surface area (Å²) < 4.78 is 2.01. The smallest absolute Gasteiger partial charge is 0.173 e. The Labute approximate surface area is 179 Å². The van der Waals surface area contributed by atoms with Crippen LogP contribution in [0.2, 0.25) is 0 Å². The molecule has 1 aromatic carbocycles. The van der Waals surface area contributed by atoms with Gasteiger partial charge in [-0.3, -0.25) is 9.88 Å². The van der Waals surface area contributed by atoms with Gasteiger partial charge in [0, 0.05) is 12.4 Å². The highest BCUT2D eigenvalue weighted by atomic mass is 15.6. The molecule has 3 heterocycles. The van der Waals surface area contributed by atoms with Gasteiger partial charge in [0.25, 0.3) is 0 Å². The fourth-order valence-corrected chi connectivity index (χ4v) is 4.37. The van der Waals surface area contributed by atoms with Gasteiger partial charge >= 0.3 is 0 Å². The molecule has 1 aliphatic rings. The molecule has 1 saturated heterocycles. The second-order valence-electron chi connectivity index (χ2n) is 8.97. The fourth-order valence-electron chi connectivity index (χ4n) is 4.37. The minimum Gasteiger partial charge on any atom is -0.290 e. The van der Waals surface area contributed by atoms with Crippen LogP contribution in [-0.4, -0.2) is 43.2 Å². The summed E-state index contributed by atoms with van der Waals surface area (Å²) in [6.45, 7) is 8.64. The van der Waals surface area contributed by atoms with E-state index >= 15 is 0 Å². The molecule has 0 amide bonds. The van der Waals surface area contributed by atoms with E-state index in [1.165, 1.54) is 18.4 Å². The zero-order valence-electron chi connectivity index (χ0n) is 18.3. The van der Waals surface area contributed by atoms with Gasteiger partial charge in [0.1, 0.15) is 0 Å². The summed E-state index contributed by atoms with van der Waals surface area (Å²) in [5.41, 5.74) is 2.46. The number of nitrogens with zero attached hydrogens (tertiary/aromatic N) is 6. The first kappa shape index (κ1) is 20.7. The van der Waals surface area contributed by atoms with Crippen molar-refractivity contribution in [1.82, 2.24) is 30.1 Å². The minimum absolute atomic E-state index is 0.0252. The van der Waals surface area contributed by atoms with Crippen molar-refractivity contribution in [3.8, 4) is 0 Å². The zero-order chi connectivity index (χ0) is 21.0. The summed E-state index contributed by atoms with van der Waals surface area (Å²) in [5, 5.41) is 12.9. The van der Waals surface area contributed by atoms with Gasteiger partial charge < -0.3 is 0 Å². The lowest BCUT2D eigenvalue weighted by Gasteiger charge is -2.38. The van der Waals surface area contributed by atoms with E-state index in [1.807, 2.05) is 23.1 Å². The largest absolute Gasteiger partial charge is 0.290 e. The van der Waals surface area contributed by atoms with Gasteiger partial charge in [-0.2, -0.15) is 0 Å². The molecule has 0 spiro atoms. The summed E-state index contributed by atoms with van der Waals surface area (Å²) in [7, 11) is 0. The van der Waals surface area contributed by atoms with E-state index in [0.29, 0.717) is 0 Å². The van der Waals surface area contributed by atoms with Crippen molar-refractivity contribution in [1.29, 1.82) is 0 Å². The lowest BCUT2D eigenvalue weighted by molar-refractivity contribution is 0.137. The number of benzene rings is 1.